The fraction of sp³-hybridized carbons (Fsp3) is 0.440. The van der Waals surface area contributed by atoms with Crippen molar-refractivity contribution >= 4 is 23.4 Å². The van der Waals surface area contributed by atoms with Crippen molar-refractivity contribution in [3.8, 4) is 0 Å². The Balaban J connectivity index is 1.75. The number of benzene rings is 2. The van der Waals surface area contributed by atoms with E-state index in [9.17, 15) is 9.59 Å². The third kappa shape index (κ3) is 6.33. The van der Waals surface area contributed by atoms with Gasteiger partial charge in [-0.25, -0.2) is 0 Å². The molecular formula is C25H31ClN2O2. The van der Waals surface area contributed by atoms with Crippen LogP contribution in [0, 0.1) is 6.92 Å². The first kappa shape index (κ1) is 22.4. The average Bonchev–Trinajstić information content (AvgIpc) is 2.73. The molecule has 0 aliphatic heterocycles. The van der Waals surface area contributed by atoms with Crippen molar-refractivity contribution < 1.29 is 9.59 Å². The molecule has 3 rings (SSSR count). The molecule has 1 aliphatic carbocycles. The lowest BCUT2D eigenvalue weighted by atomic mass is 9.95. The summed E-state index contributed by atoms with van der Waals surface area (Å²) in [4.78, 5) is 27.9. The number of amides is 2. The molecule has 1 unspecified atom stereocenters. The van der Waals surface area contributed by atoms with Crippen molar-refractivity contribution in [2.45, 2.75) is 71.0 Å². The van der Waals surface area contributed by atoms with Crippen LogP contribution in [0.2, 0.25) is 5.02 Å². The molecule has 2 amide bonds. The molecule has 1 saturated carbocycles. The molecule has 160 valence electrons. The number of nitrogens with one attached hydrogen (secondary N) is 1. The minimum atomic E-state index is -0.542. The first-order valence-corrected chi connectivity index (χ1v) is 11.2. The van der Waals surface area contributed by atoms with E-state index in [4.69, 9.17) is 11.6 Å². The third-order valence-corrected chi connectivity index (χ3v) is 6.07. The molecular weight excluding hydrogens is 396 g/mol. The largest absolute Gasteiger partial charge is 0.352 e. The van der Waals surface area contributed by atoms with Crippen LogP contribution in [0.3, 0.4) is 0 Å². The van der Waals surface area contributed by atoms with E-state index in [-0.39, 0.29) is 24.3 Å². The van der Waals surface area contributed by atoms with E-state index in [0.717, 1.165) is 42.4 Å². The number of hydrogen-bond acceptors (Lipinski definition) is 2. The van der Waals surface area contributed by atoms with Crippen LogP contribution in [-0.2, 0) is 22.6 Å². The summed E-state index contributed by atoms with van der Waals surface area (Å²) in [6.07, 6.45) is 5.86. The zero-order valence-corrected chi connectivity index (χ0v) is 18.6. The monoisotopic (exact) mass is 426 g/mol. The summed E-state index contributed by atoms with van der Waals surface area (Å²) in [5, 5.41) is 3.82. The molecule has 2 aromatic rings. The highest BCUT2D eigenvalue weighted by atomic mass is 35.5. The second-order valence-corrected chi connectivity index (χ2v) is 8.77. The van der Waals surface area contributed by atoms with Crippen molar-refractivity contribution in [2.24, 2.45) is 0 Å². The van der Waals surface area contributed by atoms with Crippen LogP contribution in [0.15, 0.2) is 48.5 Å². The van der Waals surface area contributed by atoms with Crippen LogP contribution < -0.4 is 5.32 Å². The molecule has 0 radical (unpaired) electrons. The first-order valence-electron chi connectivity index (χ1n) is 10.8. The second-order valence-electron chi connectivity index (χ2n) is 8.33. The van der Waals surface area contributed by atoms with Gasteiger partial charge in [-0.2, -0.15) is 0 Å². The Morgan fingerprint density at radius 3 is 2.43 bits per heavy atom. The summed E-state index contributed by atoms with van der Waals surface area (Å²) in [6.45, 7) is 4.21. The van der Waals surface area contributed by atoms with Crippen molar-refractivity contribution in [2.75, 3.05) is 0 Å². The maximum Gasteiger partial charge on any atom is 0.242 e. The van der Waals surface area contributed by atoms with Crippen molar-refractivity contribution in [3.05, 3.63) is 70.2 Å². The van der Waals surface area contributed by atoms with E-state index in [1.165, 1.54) is 6.42 Å². The summed E-state index contributed by atoms with van der Waals surface area (Å²) in [6, 6.07) is 15.1. The standard InChI is InChI=1S/C25H31ClN2O2/c1-18-7-6-8-21(15-18)16-24(29)28(17-20-11-13-22(26)14-12-20)19(2)25(30)27-23-9-4-3-5-10-23/h6-8,11-15,19,23H,3-5,9-10,16-17H2,1-2H3,(H,27,30). The summed E-state index contributed by atoms with van der Waals surface area (Å²) in [5.41, 5.74) is 3.03. The minimum absolute atomic E-state index is 0.0538. The summed E-state index contributed by atoms with van der Waals surface area (Å²) in [5.74, 6) is -0.129. The van der Waals surface area contributed by atoms with Crippen LogP contribution in [0.4, 0.5) is 0 Å². The lowest BCUT2D eigenvalue weighted by molar-refractivity contribution is -0.140. The lowest BCUT2D eigenvalue weighted by Crippen LogP contribution is -2.50. The number of hydrogen-bond donors (Lipinski definition) is 1. The molecule has 0 heterocycles. The normalized spacial score (nSPS) is 15.4. The smallest absolute Gasteiger partial charge is 0.242 e. The van der Waals surface area contributed by atoms with E-state index < -0.39 is 6.04 Å². The van der Waals surface area contributed by atoms with Crippen LogP contribution in [0.5, 0.6) is 0 Å². The molecule has 1 aliphatic rings. The van der Waals surface area contributed by atoms with E-state index >= 15 is 0 Å². The molecule has 0 aromatic heterocycles. The fourth-order valence-electron chi connectivity index (χ4n) is 4.04. The van der Waals surface area contributed by atoms with Crippen LogP contribution >= 0.6 is 11.6 Å². The highest BCUT2D eigenvalue weighted by molar-refractivity contribution is 6.30. The van der Waals surface area contributed by atoms with Gasteiger partial charge in [-0.1, -0.05) is 72.8 Å². The van der Waals surface area contributed by atoms with Gasteiger partial charge in [-0.3, -0.25) is 9.59 Å². The number of carbonyl (C=O) groups is 2. The van der Waals surface area contributed by atoms with Gasteiger partial charge >= 0.3 is 0 Å². The van der Waals surface area contributed by atoms with Crippen LogP contribution in [0.1, 0.15) is 55.7 Å². The first-order chi connectivity index (χ1) is 14.4. The fourth-order valence-corrected chi connectivity index (χ4v) is 4.16. The quantitative estimate of drug-likeness (QED) is 0.672. The Hall–Kier alpha value is -2.33. The van der Waals surface area contributed by atoms with E-state index in [0.29, 0.717) is 11.6 Å². The van der Waals surface area contributed by atoms with Gasteiger partial charge in [0.1, 0.15) is 6.04 Å². The summed E-state index contributed by atoms with van der Waals surface area (Å²) in [7, 11) is 0. The van der Waals surface area contributed by atoms with Gasteiger partial charge in [-0.15, -0.1) is 0 Å². The van der Waals surface area contributed by atoms with Gasteiger partial charge < -0.3 is 10.2 Å². The summed E-state index contributed by atoms with van der Waals surface area (Å²) < 4.78 is 0. The number of halogens is 1. The number of nitrogens with zero attached hydrogens (tertiary/aromatic N) is 1. The van der Waals surface area contributed by atoms with E-state index in [2.05, 4.69) is 5.32 Å². The van der Waals surface area contributed by atoms with Gasteiger partial charge in [0.25, 0.3) is 0 Å². The molecule has 1 N–H and O–H groups in total. The highest BCUT2D eigenvalue weighted by Gasteiger charge is 2.28. The van der Waals surface area contributed by atoms with Gasteiger partial charge in [0.05, 0.1) is 6.42 Å². The third-order valence-electron chi connectivity index (χ3n) is 5.82. The Bertz CT molecular complexity index is 860. The molecule has 30 heavy (non-hydrogen) atoms. The molecule has 2 aromatic carbocycles. The predicted octanol–water partition coefficient (Wildman–Crippen LogP) is 5.06. The lowest BCUT2D eigenvalue weighted by Gasteiger charge is -2.31. The number of aryl methyl sites for hydroxylation is 1. The highest BCUT2D eigenvalue weighted by Crippen LogP contribution is 2.19. The van der Waals surface area contributed by atoms with Crippen molar-refractivity contribution in [3.63, 3.8) is 0 Å². The van der Waals surface area contributed by atoms with Crippen LogP contribution in [0.25, 0.3) is 0 Å². The molecule has 1 fully saturated rings. The Kier molecular flexibility index (Phi) is 7.92. The summed E-state index contributed by atoms with van der Waals surface area (Å²) >= 11 is 6.01. The molecule has 4 nitrogen and oxygen atoms in total. The maximum absolute atomic E-state index is 13.3. The molecule has 0 bridgehead atoms. The van der Waals surface area contributed by atoms with Gasteiger partial charge in [-0.05, 0) is 49.9 Å². The zero-order valence-electron chi connectivity index (χ0n) is 17.9. The molecule has 0 saturated heterocycles. The van der Waals surface area contributed by atoms with Gasteiger partial charge in [0.15, 0.2) is 0 Å². The van der Waals surface area contributed by atoms with Crippen molar-refractivity contribution in [1.29, 1.82) is 0 Å². The Labute approximate surface area is 184 Å². The molecule has 0 spiro atoms. The van der Waals surface area contributed by atoms with Gasteiger partial charge in [0, 0.05) is 17.6 Å². The van der Waals surface area contributed by atoms with Gasteiger partial charge in [0.2, 0.25) is 11.8 Å². The Morgan fingerprint density at radius 1 is 1.07 bits per heavy atom. The SMILES string of the molecule is Cc1cccc(CC(=O)N(Cc2ccc(Cl)cc2)C(C)C(=O)NC2CCCCC2)c1. The minimum Gasteiger partial charge on any atom is -0.352 e. The maximum atomic E-state index is 13.3. The molecule has 5 heteroatoms. The second kappa shape index (κ2) is 10.6. The van der Waals surface area contributed by atoms with Crippen molar-refractivity contribution in [1.82, 2.24) is 10.2 Å². The van der Waals surface area contributed by atoms with E-state index in [1.807, 2.05) is 62.4 Å². The zero-order chi connectivity index (χ0) is 21.5. The topological polar surface area (TPSA) is 49.4 Å². The predicted molar refractivity (Wildman–Crippen MR) is 121 cm³/mol. The average molecular weight is 427 g/mol. The Morgan fingerprint density at radius 2 is 1.77 bits per heavy atom. The number of carbonyl (C=O) groups excluding carboxylic acids is 2. The molecule has 1 atom stereocenters. The van der Waals surface area contributed by atoms with E-state index in [1.54, 1.807) is 4.90 Å². The van der Waals surface area contributed by atoms with Crippen LogP contribution in [-0.4, -0.2) is 28.8 Å². The number of rotatable bonds is 7.